The van der Waals surface area contributed by atoms with Gasteiger partial charge in [-0.15, -0.1) is 0 Å². The topological polar surface area (TPSA) is 85.5 Å². The Morgan fingerprint density at radius 3 is 2.60 bits per heavy atom. The molecule has 1 saturated heterocycles. The van der Waals surface area contributed by atoms with E-state index in [4.69, 9.17) is 23.2 Å². The molecule has 182 valence electrons. The molecular weight excluding hydrogens is 487 g/mol. The summed E-state index contributed by atoms with van der Waals surface area (Å²) in [7, 11) is 0. The van der Waals surface area contributed by atoms with Crippen LogP contribution in [0, 0.1) is 12.8 Å². The fraction of sp³-hybridized carbons (Fsp3) is 0.346. The molecule has 0 bridgehead atoms. The first-order valence-corrected chi connectivity index (χ1v) is 12.5. The molecule has 1 aliphatic heterocycles. The molecule has 2 heterocycles. The van der Waals surface area contributed by atoms with Crippen LogP contribution in [0.2, 0.25) is 10.0 Å². The zero-order chi connectivity index (χ0) is 24.7. The Hall–Kier alpha value is -3.03. The lowest BCUT2D eigenvalue weighted by Gasteiger charge is -2.41. The van der Waals surface area contributed by atoms with Gasteiger partial charge in [0.15, 0.2) is 0 Å². The van der Waals surface area contributed by atoms with Crippen molar-refractivity contribution in [2.75, 3.05) is 31.1 Å². The highest BCUT2D eigenvalue weighted by atomic mass is 35.5. The molecule has 2 amide bonds. The van der Waals surface area contributed by atoms with E-state index in [0.29, 0.717) is 58.6 Å². The number of pyridine rings is 1. The SMILES string of the molecule is Cc1ccc2[nH]c(=O)cc(C(=O)N3CCN(c4ccc(Cl)c(Cl)c4)CC3C(=O)NCC3CC3)c2c1. The van der Waals surface area contributed by atoms with E-state index in [9.17, 15) is 14.4 Å². The predicted molar refractivity (Wildman–Crippen MR) is 139 cm³/mol. The molecule has 7 nitrogen and oxygen atoms in total. The van der Waals surface area contributed by atoms with E-state index in [2.05, 4.69) is 10.3 Å². The van der Waals surface area contributed by atoms with Crippen LogP contribution in [0.25, 0.3) is 10.9 Å². The minimum Gasteiger partial charge on any atom is -0.367 e. The number of benzene rings is 2. The van der Waals surface area contributed by atoms with Gasteiger partial charge < -0.3 is 20.1 Å². The van der Waals surface area contributed by atoms with Gasteiger partial charge in [-0.2, -0.15) is 0 Å². The Morgan fingerprint density at radius 1 is 1.06 bits per heavy atom. The number of fused-ring (bicyclic) bond motifs is 1. The third kappa shape index (κ3) is 5.02. The molecular formula is C26H26Cl2N4O3. The minimum atomic E-state index is -0.719. The number of aryl methyl sites for hydroxylation is 1. The summed E-state index contributed by atoms with van der Waals surface area (Å²) in [5, 5.41) is 4.58. The van der Waals surface area contributed by atoms with Gasteiger partial charge in [0.2, 0.25) is 11.5 Å². The van der Waals surface area contributed by atoms with Gasteiger partial charge in [-0.25, -0.2) is 0 Å². The number of aromatic nitrogens is 1. The number of hydrogen-bond acceptors (Lipinski definition) is 4. The number of carbonyl (C=O) groups is 2. The largest absolute Gasteiger partial charge is 0.367 e. The molecule has 1 saturated carbocycles. The zero-order valence-electron chi connectivity index (χ0n) is 19.3. The zero-order valence-corrected chi connectivity index (χ0v) is 20.8. The fourth-order valence-corrected chi connectivity index (χ4v) is 4.84. The number of nitrogens with zero attached hydrogens (tertiary/aromatic N) is 2. The van der Waals surface area contributed by atoms with Gasteiger partial charge >= 0.3 is 0 Å². The Bertz CT molecular complexity index is 1370. The van der Waals surface area contributed by atoms with E-state index in [-0.39, 0.29) is 17.4 Å². The number of piperazine rings is 1. The van der Waals surface area contributed by atoms with Gasteiger partial charge in [-0.05, 0) is 56.0 Å². The van der Waals surface area contributed by atoms with Crippen LogP contribution in [0.5, 0.6) is 0 Å². The second kappa shape index (κ2) is 9.55. The minimum absolute atomic E-state index is 0.194. The van der Waals surface area contributed by atoms with Crippen LogP contribution in [0.3, 0.4) is 0 Å². The van der Waals surface area contributed by atoms with Crippen LogP contribution in [0.15, 0.2) is 47.3 Å². The van der Waals surface area contributed by atoms with Crippen molar-refractivity contribution in [3.05, 3.63) is 74.0 Å². The lowest BCUT2D eigenvalue weighted by Crippen LogP contribution is -2.61. The van der Waals surface area contributed by atoms with Crippen LogP contribution in [0.1, 0.15) is 28.8 Å². The third-order valence-corrected chi connectivity index (χ3v) is 7.44. The number of halogens is 2. The highest BCUT2D eigenvalue weighted by Crippen LogP contribution is 2.30. The number of anilines is 1. The molecule has 1 aliphatic carbocycles. The standard InChI is InChI=1S/C26H26Cl2N4O3/c1-15-2-7-22-18(10-15)19(12-24(33)30-22)26(35)32-9-8-31(17-5-6-20(27)21(28)11-17)14-23(32)25(34)29-13-16-3-4-16/h2,5-7,10-12,16,23H,3-4,8-9,13-14H2,1H3,(H,29,34)(H,30,33). The second-order valence-electron chi connectivity index (χ2n) is 9.34. The summed E-state index contributed by atoms with van der Waals surface area (Å²) >= 11 is 12.3. The van der Waals surface area contributed by atoms with E-state index in [1.54, 1.807) is 23.1 Å². The maximum Gasteiger partial charge on any atom is 0.255 e. The number of carbonyl (C=O) groups excluding carboxylic acids is 2. The van der Waals surface area contributed by atoms with Crippen LogP contribution in [-0.2, 0) is 4.79 Å². The normalized spacial score (nSPS) is 18.1. The van der Waals surface area contributed by atoms with Crippen molar-refractivity contribution >= 4 is 51.6 Å². The van der Waals surface area contributed by atoms with E-state index < -0.39 is 6.04 Å². The number of H-pyrrole nitrogens is 1. The number of aromatic amines is 1. The molecule has 2 N–H and O–H groups in total. The van der Waals surface area contributed by atoms with Crippen LogP contribution < -0.4 is 15.8 Å². The van der Waals surface area contributed by atoms with E-state index in [0.717, 1.165) is 24.1 Å². The van der Waals surface area contributed by atoms with Crippen molar-refractivity contribution in [3.63, 3.8) is 0 Å². The summed E-state index contributed by atoms with van der Waals surface area (Å²) in [6.45, 7) is 3.68. The van der Waals surface area contributed by atoms with Crippen molar-refractivity contribution in [2.24, 2.45) is 5.92 Å². The van der Waals surface area contributed by atoms with Crippen molar-refractivity contribution in [1.29, 1.82) is 0 Å². The van der Waals surface area contributed by atoms with Gasteiger partial charge in [0.1, 0.15) is 6.04 Å². The molecule has 2 aliphatic rings. The second-order valence-corrected chi connectivity index (χ2v) is 10.2. The molecule has 0 spiro atoms. The maximum absolute atomic E-state index is 13.8. The molecule has 1 atom stereocenters. The van der Waals surface area contributed by atoms with Gasteiger partial charge in [-0.1, -0.05) is 34.8 Å². The molecule has 1 unspecified atom stereocenters. The van der Waals surface area contributed by atoms with Crippen LogP contribution in [0.4, 0.5) is 5.69 Å². The monoisotopic (exact) mass is 512 g/mol. The molecule has 0 radical (unpaired) electrons. The Kier molecular flexibility index (Phi) is 6.47. The molecule has 35 heavy (non-hydrogen) atoms. The lowest BCUT2D eigenvalue weighted by molar-refractivity contribution is -0.125. The quantitative estimate of drug-likeness (QED) is 0.540. The first kappa shape index (κ1) is 23.7. The lowest BCUT2D eigenvalue weighted by atomic mass is 10.0. The molecule has 1 aromatic heterocycles. The molecule has 2 fully saturated rings. The molecule has 9 heteroatoms. The van der Waals surface area contributed by atoms with E-state index in [1.807, 2.05) is 30.0 Å². The summed E-state index contributed by atoms with van der Waals surface area (Å²) < 4.78 is 0. The molecule has 2 aromatic carbocycles. The average molecular weight is 513 g/mol. The highest BCUT2D eigenvalue weighted by Gasteiger charge is 2.37. The number of rotatable bonds is 5. The number of amides is 2. The first-order valence-electron chi connectivity index (χ1n) is 11.7. The summed E-state index contributed by atoms with van der Waals surface area (Å²) in [4.78, 5) is 45.9. The number of nitrogens with one attached hydrogen (secondary N) is 2. The smallest absolute Gasteiger partial charge is 0.255 e. The van der Waals surface area contributed by atoms with Gasteiger partial charge in [0.05, 0.1) is 15.6 Å². The van der Waals surface area contributed by atoms with Crippen LogP contribution >= 0.6 is 23.2 Å². The third-order valence-electron chi connectivity index (χ3n) is 6.70. The predicted octanol–water partition coefficient (Wildman–Crippen LogP) is 4.00. The first-order chi connectivity index (χ1) is 16.8. The Labute approximate surface area is 213 Å². The van der Waals surface area contributed by atoms with Gasteiger partial charge in [0.25, 0.3) is 5.91 Å². The Balaban J connectivity index is 1.48. The highest BCUT2D eigenvalue weighted by molar-refractivity contribution is 6.42. The summed E-state index contributed by atoms with van der Waals surface area (Å²) in [5.41, 5.74) is 2.35. The number of hydrogen-bond donors (Lipinski definition) is 2. The average Bonchev–Trinajstić information content (AvgIpc) is 3.68. The van der Waals surface area contributed by atoms with E-state index >= 15 is 0 Å². The van der Waals surface area contributed by atoms with Gasteiger partial charge in [0, 0.05) is 48.8 Å². The van der Waals surface area contributed by atoms with E-state index in [1.165, 1.54) is 6.07 Å². The fourth-order valence-electron chi connectivity index (χ4n) is 4.55. The van der Waals surface area contributed by atoms with Gasteiger partial charge in [-0.3, -0.25) is 14.4 Å². The van der Waals surface area contributed by atoms with Crippen molar-refractivity contribution in [3.8, 4) is 0 Å². The summed E-state index contributed by atoms with van der Waals surface area (Å²) in [6.07, 6.45) is 2.22. The maximum atomic E-state index is 13.8. The van der Waals surface area contributed by atoms with Crippen molar-refractivity contribution in [1.82, 2.24) is 15.2 Å². The molecule has 3 aromatic rings. The van der Waals surface area contributed by atoms with Crippen LogP contribution in [-0.4, -0.2) is 53.9 Å². The molecule has 5 rings (SSSR count). The van der Waals surface area contributed by atoms with Crippen molar-refractivity contribution < 1.29 is 9.59 Å². The summed E-state index contributed by atoms with van der Waals surface area (Å²) in [5.74, 6) is -0.00938. The summed E-state index contributed by atoms with van der Waals surface area (Å²) in [6, 6.07) is 11.5. The Morgan fingerprint density at radius 2 is 1.86 bits per heavy atom. The van der Waals surface area contributed by atoms with Crippen molar-refractivity contribution in [2.45, 2.75) is 25.8 Å².